The van der Waals surface area contributed by atoms with Gasteiger partial charge in [-0.25, -0.2) is 0 Å². The van der Waals surface area contributed by atoms with E-state index in [9.17, 15) is 0 Å². The Morgan fingerprint density at radius 3 is 1.88 bits per heavy atom. The van der Waals surface area contributed by atoms with Crippen molar-refractivity contribution in [3.05, 3.63) is 47.0 Å². The molecule has 0 fully saturated rings. The minimum atomic E-state index is 0.745. The van der Waals surface area contributed by atoms with E-state index < -0.39 is 0 Å². The van der Waals surface area contributed by atoms with Crippen LogP contribution >= 0.6 is 0 Å². The molecule has 0 aliphatic rings. The lowest BCUT2D eigenvalue weighted by Crippen LogP contribution is -2.04. The van der Waals surface area contributed by atoms with Crippen molar-refractivity contribution >= 4 is 0 Å². The van der Waals surface area contributed by atoms with Crippen LogP contribution in [0.5, 0.6) is 0 Å². The smallest absolute Gasteiger partial charge is 0.0250 e. The maximum atomic E-state index is 3.00. The standard InChI is InChI=1S/C15H24.C2H4/c1-7-14-11(4)9-12(5)15(13(14)6)8-10(2)3;1-2/h9-10H,7-8H2,1-6H3;1-2H2. The third-order valence-corrected chi connectivity index (χ3v) is 3.26. The maximum Gasteiger partial charge on any atom is -0.0250 e. The largest absolute Gasteiger partial charge is 0.106 e. The zero-order valence-corrected chi connectivity index (χ0v) is 12.5. The van der Waals surface area contributed by atoms with Crippen LogP contribution in [-0.2, 0) is 12.8 Å². The molecule has 96 valence electrons. The van der Waals surface area contributed by atoms with E-state index in [0.29, 0.717) is 0 Å². The Morgan fingerprint density at radius 1 is 1.00 bits per heavy atom. The Labute approximate surface area is 108 Å². The number of aryl methyl sites for hydroxylation is 2. The van der Waals surface area contributed by atoms with Crippen LogP contribution < -0.4 is 0 Å². The van der Waals surface area contributed by atoms with Crippen molar-refractivity contribution in [1.29, 1.82) is 0 Å². The quantitative estimate of drug-likeness (QED) is 0.630. The van der Waals surface area contributed by atoms with E-state index in [1.807, 2.05) is 0 Å². The third kappa shape index (κ3) is 4.03. The highest BCUT2D eigenvalue weighted by atomic mass is 14.2. The van der Waals surface area contributed by atoms with E-state index in [2.05, 4.69) is 60.8 Å². The second-order valence-electron chi connectivity index (χ2n) is 5.04. The molecule has 0 spiro atoms. The van der Waals surface area contributed by atoms with E-state index in [4.69, 9.17) is 0 Å². The molecule has 0 saturated carbocycles. The SMILES string of the molecule is C=C.CCc1c(C)cc(C)c(CC(C)C)c1C. The summed E-state index contributed by atoms with van der Waals surface area (Å²) in [6.07, 6.45) is 2.37. The number of hydrogen-bond donors (Lipinski definition) is 0. The fourth-order valence-corrected chi connectivity index (χ4v) is 2.54. The van der Waals surface area contributed by atoms with Crippen molar-refractivity contribution in [2.45, 2.75) is 54.4 Å². The lowest BCUT2D eigenvalue weighted by atomic mass is 9.88. The van der Waals surface area contributed by atoms with Gasteiger partial charge in [-0.1, -0.05) is 26.8 Å². The normalized spacial score (nSPS) is 10.1. The average molecular weight is 232 g/mol. The summed E-state index contributed by atoms with van der Waals surface area (Å²) in [4.78, 5) is 0. The second kappa shape index (κ2) is 7.32. The van der Waals surface area contributed by atoms with Gasteiger partial charge in [-0.3, -0.25) is 0 Å². The van der Waals surface area contributed by atoms with E-state index in [-0.39, 0.29) is 0 Å². The Morgan fingerprint density at radius 2 is 1.47 bits per heavy atom. The van der Waals surface area contributed by atoms with Gasteiger partial charge in [-0.05, 0) is 67.3 Å². The molecular weight excluding hydrogens is 204 g/mol. The number of benzene rings is 1. The first-order valence-electron chi connectivity index (χ1n) is 6.55. The summed E-state index contributed by atoms with van der Waals surface area (Å²) < 4.78 is 0. The fraction of sp³-hybridized carbons (Fsp3) is 0.529. The molecule has 1 aromatic carbocycles. The first-order chi connectivity index (χ1) is 7.97. The fourth-order valence-electron chi connectivity index (χ4n) is 2.54. The zero-order chi connectivity index (χ0) is 13.6. The molecular formula is C17H28. The van der Waals surface area contributed by atoms with Gasteiger partial charge < -0.3 is 0 Å². The van der Waals surface area contributed by atoms with Crippen molar-refractivity contribution in [1.82, 2.24) is 0 Å². The summed E-state index contributed by atoms with van der Waals surface area (Å²) in [5.41, 5.74) is 7.59. The van der Waals surface area contributed by atoms with Crippen LogP contribution in [0.1, 0.15) is 48.6 Å². The van der Waals surface area contributed by atoms with Crippen molar-refractivity contribution < 1.29 is 0 Å². The summed E-state index contributed by atoms with van der Waals surface area (Å²) >= 11 is 0. The average Bonchev–Trinajstić information content (AvgIpc) is 2.27. The molecule has 1 rings (SSSR count). The topological polar surface area (TPSA) is 0 Å². The summed E-state index contributed by atoms with van der Waals surface area (Å²) in [5.74, 6) is 0.745. The first kappa shape index (κ1) is 16.0. The van der Waals surface area contributed by atoms with Gasteiger partial charge in [0.1, 0.15) is 0 Å². The van der Waals surface area contributed by atoms with Crippen LogP contribution in [0, 0.1) is 26.7 Å². The van der Waals surface area contributed by atoms with Crippen molar-refractivity contribution in [3.8, 4) is 0 Å². The molecule has 17 heavy (non-hydrogen) atoms. The van der Waals surface area contributed by atoms with E-state index in [0.717, 1.165) is 12.3 Å². The summed E-state index contributed by atoms with van der Waals surface area (Å²) in [6, 6.07) is 2.35. The summed E-state index contributed by atoms with van der Waals surface area (Å²) in [5, 5.41) is 0. The van der Waals surface area contributed by atoms with Gasteiger partial charge in [0.05, 0.1) is 0 Å². The Kier molecular flexibility index (Phi) is 6.87. The molecule has 0 radical (unpaired) electrons. The minimum absolute atomic E-state index is 0.745. The maximum absolute atomic E-state index is 3.00. The lowest BCUT2D eigenvalue weighted by Gasteiger charge is -2.17. The van der Waals surface area contributed by atoms with Crippen LogP contribution in [0.2, 0.25) is 0 Å². The molecule has 1 aromatic rings. The predicted octanol–water partition coefficient (Wildman–Crippen LogP) is 5.17. The van der Waals surface area contributed by atoms with E-state index >= 15 is 0 Å². The van der Waals surface area contributed by atoms with Crippen LogP contribution in [-0.4, -0.2) is 0 Å². The van der Waals surface area contributed by atoms with Gasteiger partial charge in [0.15, 0.2) is 0 Å². The molecule has 0 unspecified atom stereocenters. The molecule has 0 N–H and O–H groups in total. The van der Waals surface area contributed by atoms with Crippen LogP contribution in [0.25, 0.3) is 0 Å². The van der Waals surface area contributed by atoms with Gasteiger partial charge in [0.25, 0.3) is 0 Å². The molecule has 0 heteroatoms. The highest BCUT2D eigenvalue weighted by Gasteiger charge is 2.10. The van der Waals surface area contributed by atoms with Crippen LogP contribution in [0.3, 0.4) is 0 Å². The predicted molar refractivity (Wildman–Crippen MR) is 79.8 cm³/mol. The lowest BCUT2D eigenvalue weighted by molar-refractivity contribution is 0.641. The third-order valence-electron chi connectivity index (χ3n) is 3.26. The molecule has 0 amide bonds. The van der Waals surface area contributed by atoms with Crippen LogP contribution in [0.4, 0.5) is 0 Å². The molecule has 0 aliphatic heterocycles. The van der Waals surface area contributed by atoms with Crippen molar-refractivity contribution in [2.75, 3.05) is 0 Å². The molecule has 0 heterocycles. The zero-order valence-electron chi connectivity index (χ0n) is 12.5. The van der Waals surface area contributed by atoms with E-state index in [1.54, 1.807) is 11.1 Å². The molecule has 0 aliphatic carbocycles. The minimum Gasteiger partial charge on any atom is -0.106 e. The highest BCUT2D eigenvalue weighted by Crippen LogP contribution is 2.24. The van der Waals surface area contributed by atoms with Gasteiger partial charge in [-0.15, -0.1) is 13.2 Å². The number of hydrogen-bond acceptors (Lipinski definition) is 0. The molecule has 0 nitrogen and oxygen atoms in total. The highest BCUT2D eigenvalue weighted by molar-refractivity contribution is 5.44. The molecule has 0 bridgehead atoms. The van der Waals surface area contributed by atoms with E-state index in [1.165, 1.54) is 23.1 Å². The number of rotatable bonds is 3. The van der Waals surface area contributed by atoms with Crippen molar-refractivity contribution in [2.24, 2.45) is 5.92 Å². The summed E-state index contributed by atoms with van der Waals surface area (Å²) in [6.45, 7) is 19.6. The molecule has 0 saturated heterocycles. The monoisotopic (exact) mass is 232 g/mol. The van der Waals surface area contributed by atoms with Crippen molar-refractivity contribution in [3.63, 3.8) is 0 Å². The van der Waals surface area contributed by atoms with Crippen LogP contribution in [0.15, 0.2) is 19.2 Å². The molecule has 0 aromatic heterocycles. The first-order valence-corrected chi connectivity index (χ1v) is 6.55. The van der Waals surface area contributed by atoms with Gasteiger partial charge in [0.2, 0.25) is 0 Å². The van der Waals surface area contributed by atoms with Gasteiger partial charge >= 0.3 is 0 Å². The van der Waals surface area contributed by atoms with Gasteiger partial charge in [-0.2, -0.15) is 0 Å². The Bertz CT molecular complexity index is 359. The summed E-state index contributed by atoms with van der Waals surface area (Å²) in [7, 11) is 0. The van der Waals surface area contributed by atoms with Gasteiger partial charge in [0, 0.05) is 0 Å². The molecule has 0 atom stereocenters. The Balaban J connectivity index is 0.00000121. The Hall–Kier alpha value is -1.04. The second-order valence-corrected chi connectivity index (χ2v) is 5.04.